The van der Waals surface area contributed by atoms with E-state index in [1.165, 1.54) is 41.0 Å². The molecule has 5 rings (SSSR count). The van der Waals surface area contributed by atoms with E-state index in [0.717, 1.165) is 0 Å². The quantitative estimate of drug-likeness (QED) is 0.432. The molecule has 0 amide bonds. The SMILES string of the molecule is CCn1cc(-c2c(-c3ccc(F)cc3)nc(N)n3nc(Cc4ncccc4F)nc23)ccc1=O. The Morgan fingerprint density at radius 1 is 1.00 bits per heavy atom. The molecule has 0 saturated carbocycles. The number of pyridine rings is 2. The molecule has 0 aliphatic heterocycles. The van der Waals surface area contributed by atoms with Crippen molar-refractivity contribution in [2.24, 2.45) is 0 Å². The average molecular weight is 459 g/mol. The molecule has 0 atom stereocenters. The minimum absolute atomic E-state index is 0.0492. The molecule has 34 heavy (non-hydrogen) atoms. The maximum atomic E-state index is 14.2. The van der Waals surface area contributed by atoms with Gasteiger partial charge in [-0.25, -0.2) is 18.7 Å². The van der Waals surface area contributed by atoms with Gasteiger partial charge in [-0.2, -0.15) is 4.52 Å². The third kappa shape index (κ3) is 3.79. The van der Waals surface area contributed by atoms with E-state index in [-0.39, 0.29) is 29.4 Å². The van der Waals surface area contributed by atoms with Crippen molar-refractivity contribution in [2.75, 3.05) is 5.73 Å². The monoisotopic (exact) mass is 459 g/mol. The van der Waals surface area contributed by atoms with Crippen molar-refractivity contribution in [3.05, 3.63) is 94.4 Å². The van der Waals surface area contributed by atoms with Crippen LogP contribution in [0.2, 0.25) is 0 Å². The predicted octanol–water partition coefficient (Wildman–Crippen LogP) is 3.49. The van der Waals surface area contributed by atoms with Gasteiger partial charge >= 0.3 is 0 Å². The fraction of sp³-hybridized carbons (Fsp3) is 0.125. The number of halogens is 2. The van der Waals surface area contributed by atoms with E-state index in [0.29, 0.717) is 40.4 Å². The smallest absolute Gasteiger partial charge is 0.250 e. The Hall–Kier alpha value is -4.47. The summed E-state index contributed by atoms with van der Waals surface area (Å²) < 4.78 is 30.7. The van der Waals surface area contributed by atoms with Gasteiger partial charge in [0.15, 0.2) is 11.5 Å². The van der Waals surface area contributed by atoms with E-state index in [4.69, 9.17) is 5.73 Å². The summed E-state index contributed by atoms with van der Waals surface area (Å²) in [6, 6.07) is 11.8. The highest BCUT2D eigenvalue weighted by Crippen LogP contribution is 2.34. The van der Waals surface area contributed by atoms with Gasteiger partial charge in [0.05, 0.1) is 23.4 Å². The second-order valence-electron chi connectivity index (χ2n) is 7.61. The van der Waals surface area contributed by atoms with E-state index < -0.39 is 5.82 Å². The summed E-state index contributed by atoms with van der Waals surface area (Å²) in [7, 11) is 0. The van der Waals surface area contributed by atoms with Crippen molar-refractivity contribution in [1.82, 2.24) is 29.1 Å². The molecular formula is C24H19F2N7O. The Bertz CT molecular complexity index is 1580. The second-order valence-corrected chi connectivity index (χ2v) is 7.61. The largest absolute Gasteiger partial charge is 0.368 e. The lowest BCUT2D eigenvalue weighted by molar-refractivity contribution is 0.601. The molecule has 0 saturated heterocycles. The Kier molecular flexibility index (Phi) is 5.33. The molecule has 0 fully saturated rings. The molecule has 0 unspecified atom stereocenters. The number of fused-ring (bicyclic) bond motifs is 1. The minimum atomic E-state index is -0.463. The standard InChI is InChI=1S/C24H19F2N7O/c1-2-32-13-15(7-10-20(32)34)21-22(14-5-8-16(25)9-6-14)30-24(27)33-23(21)29-19(31-33)12-18-17(26)4-3-11-28-18/h3-11,13H,2,12H2,1H3,(H2,27,30). The van der Waals surface area contributed by atoms with Crippen LogP contribution >= 0.6 is 0 Å². The fourth-order valence-corrected chi connectivity index (χ4v) is 3.78. The van der Waals surface area contributed by atoms with Gasteiger partial charge in [-0.3, -0.25) is 9.78 Å². The number of aryl methyl sites for hydroxylation is 1. The van der Waals surface area contributed by atoms with E-state index in [1.807, 2.05) is 6.92 Å². The van der Waals surface area contributed by atoms with Gasteiger partial charge in [-0.05, 0) is 49.4 Å². The van der Waals surface area contributed by atoms with Crippen molar-refractivity contribution in [3.63, 3.8) is 0 Å². The van der Waals surface area contributed by atoms with E-state index in [9.17, 15) is 13.6 Å². The Balaban J connectivity index is 1.77. The van der Waals surface area contributed by atoms with Crippen LogP contribution in [0.3, 0.4) is 0 Å². The molecule has 10 heteroatoms. The van der Waals surface area contributed by atoms with Gasteiger partial charge in [0, 0.05) is 36.1 Å². The van der Waals surface area contributed by atoms with Crippen LogP contribution in [0.15, 0.2) is 65.7 Å². The zero-order valence-corrected chi connectivity index (χ0v) is 18.1. The lowest BCUT2D eigenvalue weighted by Gasteiger charge is -2.13. The van der Waals surface area contributed by atoms with Gasteiger partial charge in [0.25, 0.3) is 5.56 Å². The lowest BCUT2D eigenvalue weighted by Crippen LogP contribution is -2.17. The van der Waals surface area contributed by atoms with Gasteiger partial charge in [-0.1, -0.05) is 0 Å². The predicted molar refractivity (Wildman–Crippen MR) is 123 cm³/mol. The maximum Gasteiger partial charge on any atom is 0.250 e. The highest BCUT2D eigenvalue weighted by molar-refractivity contribution is 5.90. The molecule has 0 radical (unpaired) electrons. The van der Waals surface area contributed by atoms with Crippen molar-refractivity contribution in [2.45, 2.75) is 19.9 Å². The molecule has 0 bridgehead atoms. The molecular weight excluding hydrogens is 440 g/mol. The third-order valence-electron chi connectivity index (χ3n) is 5.45. The number of nitrogens with two attached hydrogens (primary N) is 1. The molecule has 0 spiro atoms. The highest BCUT2D eigenvalue weighted by Gasteiger charge is 2.21. The summed E-state index contributed by atoms with van der Waals surface area (Å²) in [6.07, 6.45) is 3.25. The number of anilines is 1. The number of hydrogen-bond acceptors (Lipinski definition) is 6. The third-order valence-corrected chi connectivity index (χ3v) is 5.45. The van der Waals surface area contributed by atoms with Crippen LogP contribution in [-0.4, -0.2) is 29.1 Å². The van der Waals surface area contributed by atoms with Crippen molar-refractivity contribution in [1.29, 1.82) is 0 Å². The van der Waals surface area contributed by atoms with E-state index >= 15 is 0 Å². The van der Waals surface area contributed by atoms with Crippen LogP contribution in [0.4, 0.5) is 14.7 Å². The van der Waals surface area contributed by atoms with Crippen molar-refractivity contribution in [3.8, 4) is 22.4 Å². The van der Waals surface area contributed by atoms with Gasteiger partial charge in [-0.15, -0.1) is 5.10 Å². The average Bonchev–Trinajstić information content (AvgIpc) is 3.26. The summed E-state index contributed by atoms with van der Waals surface area (Å²) in [6.45, 7) is 2.33. The highest BCUT2D eigenvalue weighted by atomic mass is 19.1. The first-order valence-electron chi connectivity index (χ1n) is 10.6. The number of rotatable bonds is 5. The van der Waals surface area contributed by atoms with Crippen molar-refractivity contribution >= 4 is 11.6 Å². The van der Waals surface area contributed by atoms with E-state index in [2.05, 4.69) is 20.1 Å². The maximum absolute atomic E-state index is 14.2. The molecule has 170 valence electrons. The molecule has 4 heterocycles. The van der Waals surface area contributed by atoms with Crippen LogP contribution < -0.4 is 11.3 Å². The second kappa shape index (κ2) is 8.47. The van der Waals surface area contributed by atoms with Crippen LogP contribution in [0.1, 0.15) is 18.4 Å². The number of benzene rings is 1. The fourth-order valence-electron chi connectivity index (χ4n) is 3.78. The summed E-state index contributed by atoms with van der Waals surface area (Å²) in [5, 5.41) is 4.43. The normalized spacial score (nSPS) is 11.3. The number of aromatic nitrogens is 6. The van der Waals surface area contributed by atoms with Gasteiger partial charge in [0.2, 0.25) is 5.95 Å². The molecule has 0 aliphatic rings. The number of nitrogens with zero attached hydrogens (tertiary/aromatic N) is 6. The Morgan fingerprint density at radius 2 is 1.76 bits per heavy atom. The minimum Gasteiger partial charge on any atom is -0.368 e. The topological polar surface area (TPSA) is 104 Å². The summed E-state index contributed by atoms with van der Waals surface area (Å²) in [5.41, 5.74) is 8.92. The summed E-state index contributed by atoms with van der Waals surface area (Å²) >= 11 is 0. The molecule has 1 aromatic carbocycles. The molecule has 0 aliphatic carbocycles. The molecule has 8 nitrogen and oxygen atoms in total. The zero-order valence-electron chi connectivity index (χ0n) is 18.1. The lowest BCUT2D eigenvalue weighted by atomic mass is 10.0. The van der Waals surface area contributed by atoms with Crippen LogP contribution in [-0.2, 0) is 13.0 Å². The van der Waals surface area contributed by atoms with E-state index in [1.54, 1.807) is 29.0 Å². The van der Waals surface area contributed by atoms with Crippen LogP contribution in [0, 0.1) is 11.6 Å². The van der Waals surface area contributed by atoms with Crippen LogP contribution in [0.5, 0.6) is 0 Å². The van der Waals surface area contributed by atoms with Crippen LogP contribution in [0.25, 0.3) is 28.0 Å². The Labute approximate surface area is 192 Å². The summed E-state index contributed by atoms with van der Waals surface area (Å²) in [5.74, 6) is -0.495. The number of hydrogen-bond donors (Lipinski definition) is 1. The zero-order chi connectivity index (χ0) is 23.8. The first kappa shape index (κ1) is 21.4. The first-order valence-corrected chi connectivity index (χ1v) is 10.6. The summed E-state index contributed by atoms with van der Waals surface area (Å²) in [4.78, 5) is 25.4. The molecule has 2 N–H and O–H groups in total. The first-order chi connectivity index (χ1) is 16.4. The molecule has 4 aromatic heterocycles. The van der Waals surface area contributed by atoms with Gasteiger partial charge < -0.3 is 10.3 Å². The molecule has 5 aromatic rings. The van der Waals surface area contributed by atoms with Crippen molar-refractivity contribution < 1.29 is 8.78 Å². The number of nitrogen functional groups attached to an aromatic ring is 1. The Morgan fingerprint density at radius 3 is 2.50 bits per heavy atom. The van der Waals surface area contributed by atoms with Gasteiger partial charge in [0.1, 0.15) is 11.6 Å².